The fourth-order valence-corrected chi connectivity index (χ4v) is 2.54. The Kier molecular flexibility index (Phi) is 4.01. The molecule has 3 rings (SSSR count). The third-order valence-corrected chi connectivity index (χ3v) is 3.66. The summed E-state index contributed by atoms with van der Waals surface area (Å²) < 4.78 is 40.1. The van der Waals surface area contributed by atoms with Crippen LogP contribution < -0.4 is 4.74 Å². The summed E-state index contributed by atoms with van der Waals surface area (Å²) >= 11 is 0. The molecule has 24 heavy (non-hydrogen) atoms. The van der Waals surface area contributed by atoms with Gasteiger partial charge in [0.25, 0.3) is 11.8 Å². The van der Waals surface area contributed by atoms with Gasteiger partial charge in [0.05, 0.1) is 11.1 Å². The van der Waals surface area contributed by atoms with Gasteiger partial charge in [-0.15, -0.1) is 13.2 Å². The molecule has 0 aliphatic carbocycles. The SMILES string of the molecule is O=C1c2ccccc2C(=O)N1CCc1ccc(OC(F)(F)F)cc1. The molecule has 124 valence electrons. The van der Waals surface area contributed by atoms with Crippen LogP contribution in [0.25, 0.3) is 0 Å². The zero-order valence-electron chi connectivity index (χ0n) is 12.3. The third-order valence-electron chi connectivity index (χ3n) is 3.66. The number of halogens is 3. The quantitative estimate of drug-likeness (QED) is 0.804. The van der Waals surface area contributed by atoms with Gasteiger partial charge in [0.2, 0.25) is 0 Å². The van der Waals surface area contributed by atoms with Crippen molar-refractivity contribution >= 4 is 11.8 Å². The molecule has 2 amide bonds. The number of hydrogen-bond acceptors (Lipinski definition) is 3. The van der Waals surface area contributed by atoms with Crippen molar-refractivity contribution in [2.75, 3.05) is 6.54 Å². The molecule has 0 fully saturated rings. The van der Waals surface area contributed by atoms with Gasteiger partial charge in [0.1, 0.15) is 5.75 Å². The minimum atomic E-state index is -4.73. The van der Waals surface area contributed by atoms with Crippen molar-refractivity contribution in [3.63, 3.8) is 0 Å². The Labute approximate surface area is 135 Å². The summed E-state index contributed by atoms with van der Waals surface area (Å²) in [7, 11) is 0. The van der Waals surface area contributed by atoms with Gasteiger partial charge in [-0.05, 0) is 36.2 Å². The van der Waals surface area contributed by atoms with Gasteiger partial charge in [-0.3, -0.25) is 14.5 Å². The van der Waals surface area contributed by atoms with Crippen molar-refractivity contribution < 1.29 is 27.5 Å². The van der Waals surface area contributed by atoms with Crippen LogP contribution in [0.5, 0.6) is 5.75 Å². The first kappa shape index (κ1) is 16.0. The predicted molar refractivity (Wildman–Crippen MR) is 78.6 cm³/mol. The average molecular weight is 335 g/mol. The van der Waals surface area contributed by atoms with E-state index in [1.807, 2.05) is 0 Å². The second-order valence-electron chi connectivity index (χ2n) is 5.25. The first-order valence-electron chi connectivity index (χ1n) is 7.15. The number of amides is 2. The van der Waals surface area contributed by atoms with E-state index in [2.05, 4.69) is 4.74 Å². The Morgan fingerprint density at radius 2 is 1.42 bits per heavy atom. The summed E-state index contributed by atoms with van der Waals surface area (Å²) in [5, 5.41) is 0. The Morgan fingerprint density at radius 3 is 1.92 bits per heavy atom. The lowest BCUT2D eigenvalue weighted by atomic mass is 10.1. The molecule has 0 atom stereocenters. The van der Waals surface area contributed by atoms with E-state index in [1.54, 1.807) is 24.3 Å². The molecule has 2 aromatic rings. The van der Waals surface area contributed by atoms with E-state index in [-0.39, 0.29) is 24.1 Å². The number of carbonyl (C=O) groups excluding carboxylic acids is 2. The fraction of sp³-hybridized carbons (Fsp3) is 0.176. The zero-order valence-corrected chi connectivity index (χ0v) is 12.3. The fourth-order valence-electron chi connectivity index (χ4n) is 2.54. The zero-order chi connectivity index (χ0) is 17.3. The predicted octanol–water partition coefficient (Wildman–Crippen LogP) is 3.42. The number of alkyl halides is 3. The summed E-state index contributed by atoms with van der Waals surface area (Å²) in [6.07, 6.45) is -4.39. The number of rotatable bonds is 4. The monoisotopic (exact) mass is 335 g/mol. The van der Waals surface area contributed by atoms with E-state index < -0.39 is 6.36 Å². The molecule has 0 saturated carbocycles. The minimum absolute atomic E-state index is 0.159. The molecule has 0 bridgehead atoms. The van der Waals surface area contributed by atoms with Crippen molar-refractivity contribution in [2.24, 2.45) is 0 Å². The maximum absolute atomic E-state index is 12.2. The Morgan fingerprint density at radius 1 is 0.875 bits per heavy atom. The lowest BCUT2D eigenvalue weighted by Crippen LogP contribution is -2.31. The van der Waals surface area contributed by atoms with Crippen LogP contribution in [0.4, 0.5) is 13.2 Å². The first-order valence-corrected chi connectivity index (χ1v) is 7.15. The molecule has 1 heterocycles. The number of fused-ring (bicyclic) bond motifs is 1. The molecule has 0 spiro atoms. The summed E-state index contributed by atoms with van der Waals surface area (Å²) in [5.41, 5.74) is 1.44. The van der Waals surface area contributed by atoms with Crippen LogP contribution in [0.3, 0.4) is 0 Å². The van der Waals surface area contributed by atoms with Crippen LogP contribution in [0.1, 0.15) is 26.3 Å². The van der Waals surface area contributed by atoms with Gasteiger partial charge in [-0.1, -0.05) is 24.3 Å². The van der Waals surface area contributed by atoms with Crippen molar-refractivity contribution in [1.29, 1.82) is 0 Å². The van der Waals surface area contributed by atoms with E-state index in [4.69, 9.17) is 0 Å². The van der Waals surface area contributed by atoms with Crippen molar-refractivity contribution in [3.8, 4) is 5.75 Å². The van der Waals surface area contributed by atoms with Crippen molar-refractivity contribution in [1.82, 2.24) is 4.90 Å². The summed E-state index contributed by atoms with van der Waals surface area (Å²) in [6.45, 7) is 0.159. The van der Waals surface area contributed by atoms with Crippen LogP contribution in [0.2, 0.25) is 0 Å². The van der Waals surface area contributed by atoms with Crippen LogP contribution in [0.15, 0.2) is 48.5 Å². The molecular weight excluding hydrogens is 323 g/mol. The Bertz CT molecular complexity index is 749. The first-order chi connectivity index (χ1) is 11.3. The van der Waals surface area contributed by atoms with E-state index in [9.17, 15) is 22.8 Å². The van der Waals surface area contributed by atoms with Crippen molar-refractivity contribution in [3.05, 3.63) is 65.2 Å². The number of hydrogen-bond donors (Lipinski definition) is 0. The average Bonchev–Trinajstić information content (AvgIpc) is 2.77. The molecule has 0 radical (unpaired) electrons. The van der Waals surface area contributed by atoms with Crippen LogP contribution >= 0.6 is 0 Å². The molecule has 1 aliphatic heterocycles. The molecule has 7 heteroatoms. The molecule has 2 aromatic carbocycles. The van der Waals surface area contributed by atoms with E-state index in [0.717, 1.165) is 4.90 Å². The number of ether oxygens (including phenoxy) is 1. The lowest BCUT2D eigenvalue weighted by Gasteiger charge is -2.14. The van der Waals surface area contributed by atoms with Gasteiger partial charge in [0.15, 0.2) is 0 Å². The number of carbonyl (C=O) groups is 2. The minimum Gasteiger partial charge on any atom is -0.406 e. The highest BCUT2D eigenvalue weighted by Gasteiger charge is 2.34. The van der Waals surface area contributed by atoms with Gasteiger partial charge in [-0.2, -0.15) is 0 Å². The van der Waals surface area contributed by atoms with E-state index in [1.165, 1.54) is 24.3 Å². The molecule has 0 N–H and O–H groups in total. The highest BCUT2D eigenvalue weighted by molar-refractivity contribution is 6.21. The van der Waals surface area contributed by atoms with Crippen molar-refractivity contribution in [2.45, 2.75) is 12.8 Å². The molecule has 4 nitrogen and oxygen atoms in total. The topological polar surface area (TPSA) is 46.6 Å². The van der Waals surface area contributed by atoms with Gasteiger partial charge in [0, 0.05) is 6.54 Å². The normalized spacial score (nSPS) is 14.0. The summed E-state index contributed by atoms with van der Waals surface area (Å²) in [5.74, 6) is -1.02. The standard InChI is InChI=1S/C17H12F3NO3/c18-17(19,20)24-12-7-5-11(6-8-12)9-10-21-15(22)13-3-1-2-4-14(13)16(21)23/h1-8H,9-10H2. The maximum Gasteiger partial charge on any atom is 0.573 e. The summed E-state index contributed by atoms with van der Waals surface area (Å²) in [6, 6.07) is 11.9. The van der Waals surface area contributed by atoms with E-state index >= 15 is 0 Å². The van der Waals surface area contributed by atoms with Gasteiger partial charge >= 0.3 is 6.36 Å². The second kappa shape index (κ2) is 5.99. The van der Waals surface area contributed by atoms with Crippen LogP contribution in [-0.2, 0) is 6.42 Å². The van der Waals surface area contributed by atoms with Gasteiger partial charge < -0.3 is 4.74 Å². The summed E-state index contributed by atoms with van der Waals surface area (Å²) in [4.78, 5) is 25.5. The molecule has 1 aliphatic rings. The number of benzene rings is 2. The number of imide groups is 1. The second-order valence-corrected chi connectivity index (χ2v) is 5.25. The molecule has 0 saturated heterocycles. The third kappa shape index (κ3) is 3.24. The maximum atomic E-state index is 12.2. The Hall–Kier alpha value is -2.83. The van der Waals surface area contributed by atoms with Gasteiger partial charge in [-0.25, -0.2) is 0 Å². The lowest BCUT2D eigenvalue weighted by molar-refractivity contribution is -0.274. The highest BCUT2D eigenvalue weighted by atomic mass is 19.4. The molecule has 0 aromatic heterocycles. The smallest absolute Gasteiger partial charge is 0.406 e. The van der Waals surface area contributed by atoms with E-state index in [0.29, 0.717) is 23.1 Å². The van der Waals surface area contributed by atoms with Crippen LogP contribution in [-0.4, -0.2) is 29.6 Å². The Balaban J connectivity index is 1.65. The molecular formula is C17H12F3NO3. The molecule has 0 unspecified atom stereocenters. The van der Waals surface area contributed by atoms with Crippen LogP contribution in [0, 0.1) is 0 Å². The number of nitrogens with zero attached hydrogens (tertiary/aromatic N) is 1. The largest absolute Gasteiger partial charge is 0.573 e. The highest BCUT2D eigenvalue weighted by Crippen LogP contribution is 2.24.